The smallest absolute Gasteiger partial charge is 0.407 e. The van der Waals surface area contributed by atoms with Crippen LogP contribution in [0.2, 0.25) is 0 Å². The summed E-state index contributed by atoms with van der Waals surface area (Å²) in [6, 6.07) is 0. The van der Waals surface area contributed by atoms with Crippen LogP contribution < -0.4 is 5.32 Å². The number of amides is 3. The summed E-state index contributed by atoms with van der Waals surface area (Å²) in [5.41, 5.74) is 0. The maximum Gasteiger partial charge on any atom is 0.407 e. The number of rotatable bonds is 29. The summed E-state index contributed by atoms with van der Waals surface area (Å²) in [6.45, 7) is 6.80. The fourth-order valence-corrected chi connectivity index (χ4v) is 4.26. The second-order valence-corrected chi connectivity index (χ2v) is 10.6. The molecule has 1 aliphatic heterocycles. The Morgan fingerprint density at radius 3 is 1.54 bits per heavy atom. The Kier molecular flexibility index (Phi) is 25.3. The Morgan fingerprint density at radius 1 is 0.604 bits per heavy atom. The van der Waals surface area contributed by atoms with E-state index in [2.05, 4.69) is 17.5 Å². The normalized spacial score (nSPS) is 17.2. The molecule has 0 aromatic carbocycles. The second kappa shape index (κ2) is 29.2. The second-order valence-electron chi connectivity index (χ2n) is 10.6. The van der Waals surface area contributed by atoms with E-state index in [9.17, 15) is 19.2 Å². The highest BCUT2D eigenvalue weighted by molar-refractivity contribution is 6.01. The van der Waals surface area contributed by atoms with Crippen molar-refractivity contribution in [2.24, 2.45) is 0 Å². The molecule has 16 nitrogen and oxygen atoms in total. The average molecular weight is 691 g/mol. The number of ether oxygens (including phenoxy) is 9. The van der Waals surface area contributed by atoms with Gasteiger partial charge in [0.1, 0.15) is 6.10 Å². The van der Waals surface area contributed by atoms with Crippen LogP contribution in [0.4, 0.5) is 4.79 Å². The summed E-state index contributed by atoms with van der Waals surface area (Å²) in [4.78, 5) is 51.1. The Hall–Kier alpha value is -2.70. The van der Waals surface area contributed by atoms with E-state index < -0.39 is 17.8 Å². The van der Waals surface area contributed by atoms with Crippen molar-refractivity contribution in [2.75, 3.05) is 112 Å². The summed E-state index contributed by atoms with van der Waals surface area (Å²) < 4.78 is 48.8. The summed E-state index contributed by atoms with van der Waals surface area (Å²) in [7, 11) is 0. The Labute approximate surface area is 282 Å². The lowest BCUT2D eigenvalue weighted by Crippen LogP contribution is -2.32. The van der Waals surface area contributed by atoms with E-state index in [4.69, 9.17) is 47.5 Å². The van der Waals surface area contributed by atoms with Gasteiger partial charge < -0.3 is 52.8 Å². The molecular formula is C32H54N2O14. The highest BCUT2D eigenvalue weighted by Gasteiger charge is 2.32. The summed E-state index contributed by atoms with van der Waals surface area (Å²) in [6.07, 6.45) is 8.76. The summed E-state index contributed by atoms with van der Waals surface area (Å²) >= 11 is 0. The monoisotopic (exact) mass is 690 g/mol. The molecule has 1 aliphatic carbocycles. The minimum Gasteiger partial charge on any atom is -0.446 e. The molecule has 0 bridgehead atoms. The first-order valence-corrected chi connectivity index (χ1v) is 16.8. The molecule has 1 heterocycles. The van der Waals surface area contributed by atoms with Crippen LogP contribution in [0.5, 0.6) is 0 Å². The molecule has 0 aromatic rings. The number of hydrogen-bond acceptors (Lipinski definition) is 14. The lowest BCUT2D eigenvalue weighted by molar-refractivity contribution is -0.198. The SMILES string of the molecule is O=C(CCOCCOCCOCCOCCOCCOCCOCCOCCNC(=O)OC1CC/C=C/CCC1)ON1C(=O)CCC1=O. The van der Waals surface area contributed by atoms with Crippen LogP contribution in [-0.2, 0) is 61.9 Å². The van der Waals surface area contributed by atoms with E-state index in [0.717, 1.165) is 32.1 Å². The molecule has 16 heteroatoms. The molecule has 3 amide bonds. The maximum absolute atomic E-state index is 11.9. The Balaban J connectivity index is 1.19. The van der Waals surface area contributed by atoms with Gasteiger partial charge in [0.2, 0.25) is 0 Å². The number of alkyl carbamates (subject to hydrolysis) is 1. The molecule has 1 fully saturated rings. The number of hydrogen-bond donors (Lipinski definition) is 1. The van der Waals surface area contributed by atoms with Gasteiger partial charge in [0.15, 0.2) is 0 Å². The van der Waals surface area contributed by atoms with Gasteiger partial charge in [-0.05, 0) is 32.1 Å². The largest absolute Gasteiger partial charge is 0.446 e. The fourth-order valence-electron chi connectivity index (χ4n) is 4.26. The van der Waals surface area contributed by atoms with Crippen molar-refractivity contribution in [1.29, 1.82) is 0 Å². The van der Waals surface area contributed by atoms with Crippen molar-refractivity contribution in [3.8, 4) is 0 Å². The molecule has 0 aromatic heterocycles. The van der Waals surface area contributed by atoms with E-state index in [1.54, 1.807) is 0 Å². The molecule has 2 aliphatic rings. The van der Waals surface area contributed by atoms with Crippen LogP contribution in [-0.4, -0.2) is 147 Å². The van der Waals surface area contributed by atoms with Crippen molar-refractivity contribution in [3.63, 3.8) is 0 Å². The first-order valence-electron chi connectivity index (χ1n) is 16.8. The van der Waals surface area contributed by atoms with Crippen molar-refractivity contribution in [3.05, 3.63) is 12.2 Å². The molecule has 2 rings (SSSR count). The van der Waals surface area contributed by atoms with Gasteiger partial charge in [0.05, 0.1) is 112 Å². The van der Waals surface area contributed by atoms with E-state index >= 15 is 0 Å². The first kappa shape index (κ1) is 41.5. The summed E-state index contributed by atoms with van der Waals surface area (Å²) in [5.74, 6) is -1.72. The van der Waals surface area contributed by atoms with Crippen LogP contribution in [0.3, 0.4) is 0 Å². The molecule has 0 saturated carbocycles. The zero-order valence-electron chi connectivity index (χ0n) is 28.1. The van der Waals surface area contributed by atoms with Crippen LogP contribution in [0.1, 0.15) is 51.4 Å². The lowest BCUT2D eigenvalue weighted by atomic mass is 10.0. The molecule has 1 N–H and O–H groups in total. The zero-order chi connectivity index (χ0) is 34.3. The number of nitrogens with zero attached hydrogens (tertiary/aromatic N) is 1. The Bertz CT molecular complexity index is 890. The molecular weight excluding hydrogens is 636 g/mol. The highest BCUT2D eigenvalue weighted by Crippen LogP contribution is 2.15. The molecule has 276 valence electrons. The molecule has 1 saturated heterocycles. The number of allylic oxidation sites excluding steroid dienone is 2. The number of carbonyl (C=O) groups excluding carboxylic acids is 4. The molecule has 0 radical (unpaired) electrons. The van der Waals surface area contributed by atoms with Crippen molar-refractivity contribution < 1.29 is 66.6 Å². The first-order chi connectivity index (χ1) is 23.6. The van der Waals surface area contributed by atoms with Gasteiger partial charge in [0, 0.05) is 19.4 Å². The minimum atomic E-state index is -0.701. The van der Waals surface area contributed by atoms with Gasteiger partial charge in [-0.15, -0.1) is 5.06 Å². The van der Waals surface area contributed by atoms with Crippen LogP contribution in [0.15, 0.2) is 12.2 Å². The predicted molar refractivity (Wildman–Crippen MR) is 169 cm³/mol. The van der Waals surface area contributed by atoms with Crippen LogP contribution in [0, 0.1) is 0 Å². The number of nitrogens with one attached hydrogen (secondary N) is 1. The Morgan fingerprint density at radius 2 is 1.04 bits per heavy atom. The van der Waals surface area contributed by atoms with Crippen LogP contribution in [0.25, 0.3) is 0 Å². The zero-order valence-corrected chi connectivity index (χ0v) is 28.1. The maximum atomic E-state index is 11.9. The highest BCUT2D eigenvalue weighted by atomic mass is 16.7. The summed E-state index contributed by atoms with van der Waals surface area (Å²) in [5, 5.41) is 3.24. The fraction of sp³-hybridized carbons (Fsp3) is 0.812. The van der Waals surface area contributed by atoms with Crippen molar-refractivity contribution in [1.82, 2.24) is 10.4 Å². The third kappa shape index (κ3) is 22.8. The molecule has 0 spiro atoms. The molecule has 48 heavy (non-hydrogen) atoms. The molecule has 1 unspecified atom stereocenters. The predicted octanol–water partition coefficient (Wildman–Crippen LogP) is 1.73. The molecule has 1 atom stereocenters. The van der Waals surface area contributed by atoms with Gasteiger partial charge in [-0.3, -0.25) is 9.59 Å². The third-order valence-electron chi connectivity index (χ3n) is 6.76. The van der Waals surface area contributed by atoms with Crippen molar-refractivity contribution in [2.45, 2.75) is 57.5 Å². The van der Waals surface area contributed by atoms with Gasteiger partial charge in [0.25, 0.3) is 11.8 Å². The van der Waals surface area contributed by atoms with E-state index in [1.807, 2.05) is 0 Å². The number of hydroxylamine groups is 2. The van der Waals surface area contributed by atoms with E-state index in [-0.39, 0.29) is 44.7 Å². The van der Waals surface area contributed by atoms with Crippen LogP contribution >= 0.6 is 0 Å². The van der Waals surface area contributed by atoms with E-state index in [1.165, 1.54) is 0 Å². The van der Waals surface area contributed by atoms with Gasteiger partial charge in [-0.2, -0.15) is 0 Å². The van der Waals surface area contributed by atoms with Crippen molar-refractivity contribution >= 4 is 23.9 Å². The topological polar surface area (TPSA) is 176 Å². The average Bonchev–Trinajstić information content (AvgIpc) is 3.37. The number of carbonyl (C=O) groups is 4. The van der Waals surface area contributed by atoms with Gasteiger partial charge in [-0.1, -0.05) is 12.2 Å². The van der Waals surface area contributed by atoms with E-state index in [0.29, 0.717) is 104 Å². The minimum absolute atomic E-state index is 0.0176. The quantitative estimate of drug-likeness (QED) is 0.0682. The lowest BCUT2D eigenvalue weighted by Gasteiger charge is -2.18. The van der Waals surface area contributed by atoms with Gasteiger partial charge in [-0.25, -0.2) is 9.59 Å². The third-order valence-corrected chi connectivity index (χ3v) is 6.76. The number of imide groups is 1. The standard InChI is InChI=1S/C32H54N2O14/c35-29-8-9-30(36)34(29)48-31(37)10-12-39-14-16-41-18-20-43-22-24-45-26-27-46-25-23-44-21-19-42-17-15-40-13-11-33-32(38)47-28-6-4-2-1-3-5-7-28/h1-2,28H,3-27H2,(H,33,38)/b2-1+. The van der Waals surface area contributed by atoms with Gasteiger partial charge >= 0.3 is 12.1 Å².